The molecule has 0 atom stereocenters. The first-order valence-corrected chi connectivity index (χ1v) is 8.73. The third-order valence-electron chi connectivity index (χ3n) is 3.14. The quantitative estimate of drug-likeness (QED) is 0.763. The average Bonchev–Trinajstić information content (AvgIpc) is 2.55. The van der Waals surface area contributed by atoms with Crippen LogP contribution in [0.1, 0.15) is 6.92 Å². The molecular formula is C16H16F2N2O5S. The summed E-state index contributed by atoms with van der Waals surface area (Å²) in [5, 5.41) is 2.50. The van der Waals surface area contributed by atoms with Gasteiger partial charge in [0.05, 0.1) is 23.4 Å². The molecule has 2 rings (SSSR count). The number of para-hydroxylation sites is 2. The molecule has 2 N–H and O–H groups in total. The van der Waals surface area contributed by atoms with Gasteiger partial charge < -0.3 is 14.8 Å². The van der Waals surface area contributed by atoms with Crippen molar-refractivity contribution in [1.29, 1.82) is 0 Å². The van der Waals surface area contributed by atoms with Gasteiger partial charge in [-0.05, 0) is 24.3 Å². The van der Waals surface area contributed by atoms with Crippen molar-refractivity contribution in [2.24, 2.45) is 0 Å². The Kier molecular flexibility index (Phi) is 5.98. The zero-order valence-electron chi connectivity index (χ0n) is 13.8. The number of rotatable bonds is 7. The third kappa shape index (κ3) is 4.82. The fourth-order valence-electron chi connectivity index (χ4n) is 2.09. The predicted octanol–water partition coefficient (Wildman–Crippen LogP) is 3.06. The molecule has 2 aromatic rings. The van der Waals surface area contributed by atoms with Crippen molar-refractivity contribution in [3.63, 3.8) is 0 Å². The number of carbonyl (C=O) groups excluding carboxylic acids is 1. The molecular weight excluding hydrogens is 370 g/mol. The van der Waals surface area contributed by atoms with Crippen LogP contribution in [0.2, 0.25) is 0 Å². The number of carbonyl (C=O) groups is 1. The van der Waals surface area contributed by atoms with Crippen LogP contribution in [0.15, 0.2) is 47.4 Å². The van der Waals surface area contributed by atoms with Crippen LogP contribution >= 0.6 is 0 Å². The molecule has 1 amide bonds. The van der Waals surface area contributed by atoms with Crippen molar-refractivity contribution >= 4 is 27.3 Å². The summed E-state index contributed by atoms with van der Waals surface area (Å²) < 4.78 is 61.6. The van der Waals surface area contributed by atoms with Crippen molar-refractivity contribution in [2.45, 2.75) is 18.4 Å². The van der Waals surface area contributed by atoms with Crippen molar-refractivity contribution in [2.75, 3.05) is 17.1 Å². The van der Waals surface area contributed by atoms with Gasteiger partial charge in [0.25, 0.3) is 10.0 Å². The first-order chi connectivity index (χ1) is 12.2. The highest BCUT2D eigenvalue weighted by Crippen LogP contribution is 2.31. The van der Waals surface area contributed by atoms with Gasteiger partial charge in [0.1, 0.15) is 11.5 Å². The van der Waals surface area contributed by atoms with E-state index in [1.807, 2.05) is 0 Å². The first kappa shape index (κ1) is 19.4. The second-order valence-corrected chi connectivity index (χ2v) is 6.71. The maximum atomic E-state index is 12.5. The standard InChI is InChI=1S/C16H16F2N2O5S/c1-10(21)19-12-8-7-11(9-15(12)24-2)26(22,23)20-13-5-3-4-6-14(13)25-16(17)18/h3-9,16,20H,1-2H3,(H,19,21). The van der Waals surface area contributed by atoms with Crippen LogP contribution in [0, 0.1) is 0 Å². The lowest BCUT2D eigenvalue weighted by Crippen LogP contribution is -2.15. The molecule has 10 heteroatoms. The summed E-state index contributed by atoms with van der Waals surface area (Å²) in [5.41, 5.74) is 0.151. The van der Waals surface area contributed by atoms with E-state index < -0.39 is 16.6 Å². The van der Waals surface area contributed by atoms with E-state index in [-0.39, 0.29) is 28.0 Å². The van der Waals surface area contributed by atoms with Crippen LogP contribution in [-0.4, -0.2) is 28.0 Å². The van der Waals surface area contributed by atoms with Crippen molar-refractivity contribution < 1.29 is 31.5 Å². The zero-order valence-corrected chi connectivity index (χ0v) is 14.6. The van der Waals surface area contributed by atoms with E-state index in [4.69, 9.17) is 4.74 Å². The van der Waals surface area contributed by atoms with Gasteiger partial charge in [-0.25, -0.2) is 8.42 Å². The molecule has 0 aromatic heterocycles. The molecule has 0 heterocycles. The Balaban J connectivity index is 2.35. The minimum absolute atomic E-state index is 0.125. The molecule has 0 aliphatic rings. The number of ether oxygens (including phenoxy) is 2. The molecule has 0 fully saturated rings. The molecule has 0 aliphatic heterocycles. The second kappa shape index (κ2) is 8.00. The van der Waals surface area contributed by atoms with Crippen LogP contribution in [0.3, 0.4) is 0 Å². The molecule has 2 aromatic carbocycles. The van der Waals surface area contributed by atoms with Crippen molar-refractivity contribution in [3.8, 4) is 11.5 Å². The smallest absolute Gasteiger partial charge is 0.387 e. The molecule has 26 heavy (non-hydrogen) atoms. The SMILES string of the molecule is COc1cc(S(=O)(=O)Nc2ccccc2OC(F)F)ccc1NC(C)=O. The second-order valence-electron chi connectivity index (χ2n) is 5.02. The van der Waals surface area contributed by atoms with Crippen LogP contribution in [0.4, 0.5) is 20.2 Å². The number of alkyl halides is 2. The van der Waals surface area contributed by atoms with Crippen LogP contribution in [0.5, 0.6) is 11.5 Å². The van der Waals surface area contributed by atoms with E-state index in [1.54, 1.807) is 0 Å². The summed E-state index contributed by atoms with van der Waals surface area (Å²) in [7, 11) is -2.80. The van der Waals surface area contributed by atoms with E-state index in [0.717, 1.165) is 0 Å². The summed E-state index contributed by atoms with van der Waals surface area (Å²) in [4.78, 5) is 11.0. The lowest BCUT2D eigenvalue weighted by Gasteiger charge is -2.14. The number of anilines is 2. The Morgan fingerprint density at radius 2 is 1.77 bits per heavy atom. The van der Waals surface area contributed by atoms with E-state index in [2.05, 4.69) is 14.8 Å². The molecule has 140 valence electrons. The third-order valence-corrected chi connectivity index (χ3v) is 4.50. The number of amides is 1. The number of benzene rings is 2. The van der Waals surface area contributed by atoms with Crippen LogP contribution in [0.25, 0.3) is 0 Å². The van der Waals surface area contributed by atoms with Gasteiger partial charge in [-0.1, -0.05) is 12.1 Å². The molecule has 0 aliphatic carbocycles. The predicted molar refractivity (Wildman–Crippen MR) is 91.2 cm³/mol. The molecule has 0 spiro atoms. The average molecular weight is 386 g/mol. The van der Waals surface area contributed by atoms with Gasteiger partial charge in [0.15, 0.2) is 0 Å². The summed E-state index contributed by atoms with van der Waals surface area (Å²) in [6, 6.07) is 9.20. The van der Waals surface area contributed by atoms with Gasteiger partial charge in [0.2, 0.25) is 5.91 Å². The lowest BCUT2D eigenvalue weighted by atomic mass is 10.3. The molecule has 0 radical (unpaired) electrons. The van der Waals surface area contributed by atoms with E-state index in [0.29, 0.717) is 5.69 Å². The Morgan fingerprint density at radius 3 is 2.38 bits per heavy atom. The molecule has 7 nitrogen and oxygen atoms in total. The maximum Gasteiger partial charge on any atom is 0.387 e. The van der Waals surface area contributed by atoms with E-state index in [1.165, 1.54) is 56.5 Å². The number of nitrogens with one attached hydrogen (secondary N) is 2. The van der Waals surface area contributed by atoms with Gasteiger partial charge in [0, 0.05) is 13.0 Å². The number of halogens is 2. The van der Waals surface area contributed by atoms with Gasteiger partial charge >= 0.3 is 6.61 Å². The molecule has 0 saturated carbocycles. The highest BCUT2D eigenvalue weighted by Gasteiger charge is 2.20. The number of hydrogen-bond donors (Lipinski definition) is 2. The largest absolute Gasteiger partial charge is 0.495 e. The highest BCUT2D eigenvalue weighted by molar-refractivity contribution is 7.92. The summed E-state index contributed by atoms with van der Waals surface area (Å²) in [6.45, 7) is -1.80. The molecule has 0 unspecified atom stereocenters. The Labute approximate surface area is 149 Å². The lowest BCUT2D eigenvalue weighted by molar-refractivity contribution is -0.114. The topological polar surface area (TPSA) is 93.7 Å². The molecule has 0 bridgehead atoms. The first-order valence-electron chi connectivity index (χ1n) is 7.25. The highest BCUT2D eigenvalue weighted by atomic mass is 32.2. The Hall–Kier alpha value is -2.88. The van der Waals surface area contributed by atoms with Crippen molar-refractivity contribution in [3.05, 3.63) is 42.5 Å². The maximum absolute atomic E-state index is 12.5. The minimum Gasteiger partial charge on any atom is -0.495 e. The Bertz CT molecular complexity index is 903. The van der Waals surface area contributed by atoms with E-state index in [9.17, 15) is 22.0 Å². The number of methoxy groups -OCH3 is 1. The summed E-state index contributed by atoms with van der Waals surface area (Å²) >= 11 is 0. The minimum atomic E-state index is -4.12. The summed E-state index contributed by atoms with van der Waals surface area (Å²) in [5.74, 6) is -0.539. The van der Waals surface area contributed by atoms with Crippen molar-refractivity contribution in [1.82, 2.24) is 0 Å². The fraction of sp³-hybridized carbons (Fsp3) is 0.188. The Morgan fingerprint density at radius 1 is 1.08 bits per heavy atom. The normalized spacial score (nSPS) is 11.1. The van der Waals surface area contributed by atoms with Crippen LogP contribution in [-0.2, 0) is 14.8 Å². The van der Waals surface area contributed by atoms with Crippen LogP contribution < -0.4 is 19.5 Å². The number of hydrogen-bond acceptors (Lipinski definition) is 5. The molecule has 0 saturated heterocycles. The fourth-order valence-corrected chi connectivity index (χ4v) is 3.17. The summed E-state index contributed by atoms with van der Waals surface area (Å²) in [6.07, 6.45) is 0. The number of sulfonamides is 1. The zero-order chi connectivity index (χ0) is 19.3. The van der Waals surface area contributed by atoms with Gasteiger partial charge in [-0.3, -0.25) is 9.52 Å². The monoisotopic (exact) mass is 386 g/mol. The van der Waals surface area contributed by atoms with Gasteiger partial charge in [-0.15, -0.1) is 0 Å². The van der Waals surface area contributed by atoms with E-state index >= 15 is 0 Å². The van der Waals surface area contributed by atoms with Gasteiger partial charge in [-0.2, -0.15) is 8.78 Å².